The zero-order valence-corrected chi connectivity index (χ0v) is 14.3. The lowest BCUT2D eigenvalue weighted by atomic mass is 10.3. The van der Waals surface area contributed by atoms with Gasteiger partial charge in [-0.2, -0.15) is 4.72 Å². The Morgan fingerprint density at radius 2 is 1.86 bits per heavy atom. The van der Waals surface area contributed by atoms with Crippen LogP contribution >= 0.6 is 11.6 Å². The van der Waals surface area contributed by atoms with E-state index >= 15 is 0 Å². The summed E-state index contributed by atoms with van der Waals surface area (Å²) in [7, 11) is -8.41. The zero-order chi connectivity index (χ0) is 16.4. The molecule has 1 aliphatic rings. The van der Waals surface area contributed by atoms with Crippen LogP contribution in [0, 0.1) is 0 Å². The number of hydrogen-bond donors (Lipinski definition) is 3. The van der Waals surface area contributed by atoms with Crippen LogP contribution in [0.3, 0.4) is 0 Å². The molecule has 0 aliphatic carbocycles. The predicted octanol–water partition coefficient (Wildman–Crippen LogP) is -0.357. The molecule has 0 radical (unpaired) electrons. The molecule has 120 valence electrons. The summed E-state index contributed by atoms with van der Waals surface area (Å²) in [4.78, 5) is -0.621. The van der Waals surface area contributed by atoms with Gasteiger partial charge in [0.15, 0.2) is 0 Å². The first kappa shape index (κ1) is 18.3. The Kier molecular flexibility index (Phi) is 5.75. The second-order valence-corrected chi connectivity index (χ2v) is 9.22. The minimum absolute atomic E-state index is 0.0143. The number of sulfonamides is 2. The van der Waals surface area contributed by atoms with Crippen molar-refractivity contribution in [3.63, 3.8) is 0 Å². The van der Waals surface area contributed by atoms with Crippen LogP contribution in [-0.4, -0.2) is 40.2 Å². The van der Waals surface area contributed by atoms with Crippen LogP contribution in [0.1, 0.15) is 0 Å². The molecule has 1 aromatic rings. The van der Waals surface area contributed by atoms with E-state index in [4.69, 9.17) is 16.7 Å². The van der Waals surface area contributed by atoms with E-state index in [1.807, 2.05) is 0 Å². The maximum absolute atomic E-state index is 11.6. The lowest BCUT2D eigenvalue weighted by molar-refractivity contribution is 0.581. The summed E-state index contributed by atoms with van der Waals surface area (Å²) >= 11 is 5.72. The Morgan fingerprint density at radius 1 is 1.33 bits per heavy atom. The lowest BCUT2D eigenvalue weighted by Gasteiger charge is -2.20. The van der Waals surface area contributed by atoms with E-state index < -0.39 is 35.7 Å². The summed E-state index contributed by atoms with van der Waals surface area (Å²) in [5.41, 5.74) is 0.237. The lowest BCUT2D eigenvalue weighted by Crippen LogP contribution is -2.34. The quantitative estimate of drug-likeness (QED) is 0.613. The number of rotatable bonds is 1. The predicted molar refractivity (Wildman–Crippen MR) is 81.6 cm³/mol. The average molecular weight is 376 g/mol. The van der Waals surface area contributed by atoms with Crippen molar-refractivity contribution >= 4 is 48.1 Å². The fourth-order valence-corrected chi connectivity index (χ4v) is 3.70. The number of hydrogen-bond acceptors (Lipinski definition) is 6. The summed E-state index contributed by atoms with van der Waals surface area (Å²) in [6.45, 7) is 0.0143. The van der Waals surface area contributed by atoms with E-state index in [0.717, 1.165) is 6.07 Å². The van der Waals surface area contributed by atoms with E-state index in [2.05, 4.69) is 10.0 Å². The minimum Gasteiger partial charge on any atom is -0.370 e. The zero-order valence-electron chi connectivity index (χ0n) is 11.1. The molecule has 0 unspecified atom stereocenters. The summed E-state index contributed by atoms with van der Waals surface area (Å²) in [5, 5.41) is 7.53. The third-order valence-corrected chi connectivity index (χ3v) is 4.99. The maximum atomic E-state index is 11.6. The molecule has 12 heteroatoms. The molecule has 0 bridgehead atoms. The van der Waals surface area contributed by atoms with E-state index in [1.54, 1.807) is 12.5 Å². The molecule has 21 heavy (non-hydrogen) atoms. The van der Waals surface area contributed by atoms with E-state index in [9.17, 15) is 21.0 Å². The number of nitrogens with two attached hydrogens (primary N) is 1. The number of benzene rings is 1. The molecule has 2 rings (SSSR count). The van der Waals surface area contributed by atoms with Gasteiger partial charge in [0, 0.05) is 23.3 Å². The van der Waals surface area contributed by atoms with Gasteiger partial charge in [0.05, 0.1) is 17.4 Å². The highest BCUT2D eigenvalue weighted by Gasteiger charge is 2.26. The highest BCUT2D eigenvalue weighted by Crippen LogP contribution is 2.32. The molecule has 4 N–H and O–H groups in total. The second kappa shape index (κ2) is 6.58. The minimum atomic E-state index is -4.07. The Bertz CT molecular complexity index is 772. The van der Waals surface area contributed by atoms with Gasteiger partial charge in [-0.25, -0.2) is 22.0 Å². The fourth-order valence-electron chi connectivity index (χ4n) is 1.42. The Labute approximate surface area is 130 Å². The molecule has 8 nitrogen and oxygen atoms in total. The first-order valence-electron chi connectivity index (χ1n) is 5.30. The topological polar surface area (TPSA) is 135 Å². The van der Waals surface area contributed by atoms with Crippen LogP contribution in [0.5, 0.6) is 0 Å². The molecular formula is C9H14ClN3O5S3. The molecule has 1 heterocycles. The first-order chi connectivity index (χ1) is 9.45. The van der Waals surface area contributed by atoms with Crippen molar-refractivity contribution in [2.75, 3.05) is 24.5 Å². The first-order valence-corrected chi connectivity index (χ1v) is 10.7. The van der Waals surface area contributed by atoms with Crippen molar-refractivity contribution in [3.05, 3.63) is 17.2 Å². The van der Waals surface area contributed by atoms with Crippen LogP contribution in [0.25, 0.3) is 0 Å². The maximum Gasteiger partial charge on any atom is 0.244 e. The largest absolute Gasteiger partial charge is 0.370 e. The van der Waals surface area contributed by atoms with Gasteiger partial charge in [-0.05, 0) is 12.1 Å². The number of anilines is 1. The van der Waals surface area contributed by atoms with Crippen LogP contribution in [0.15, 0.2) is 21.9 Å². The van der Waals surface area contributed by atoms with Crippen LogP contribution < -0.4 is 15.2 Å². The van der Waals surface area contributed by atoms with Gasteiger partial charge < -0.3 is 5.32 Å². The van der Waals surface area contributed by atoms with Gasteiger partial charge in [-0.3, -0.25) is 4.21 Å². The van der Waals surface area contributed by atoms with Gasteiger partial charge in [0.25, 0.3) is 0 Å². The molecule has 0 saturated heterocycles. The standard InChI is InChI=1S/C7H8ClN3O4S2.C2H6OS/c8-4-1-5-7(2-6(4)16(9,12)13)17(14,15)11-3-10-5;1-4(2)3/h1-2,10-11H,3H2,(H2,9,12,13);1-2H3. The Balaban J connectivity index is 0.000000491. The summed E-state index contributed by atoms with van der Waals surface area (Å²) in [6.07, 6.45) is 3.28. The van der Waals surface area contributed by atoms with Gasteiger partial charge in [0.2, 0.25) is 20.0 Å². The van der Waals surface area contributed by atoms with Crippen LogP contribution in [-0.2, 0) is 30.8 Å². The van der Waals surface area contributed by atoms with Gasteiger partial charge in [0.1, 0.15) is 9.79 Å². The van der Waals surface area contributed by atoms with Gasteiger partial charge in [-0.15, -0.1) is 0 Å². The van der Waals surface area contributed by atoms with E-state index in [1.165, 1.54) is 6.07 Å². The average Bonchev–Trinajstić information content (AvgIpc) is 2.24. The summed E-state index contributed by atoms with van der Waals surface area (Å²) in [6, 6.07) is 2.15. The van der Waals surface area contributed by atoms with Crippen LogP contribution in [0.4, 0.5) is 5.69 Å². The van der Waals surface area contributed by atoms with Crippen molar-refractivity contribution in [3.8, 4) is 0 Å². The van der Waals surface area contributed by atoms with Crippen molar-refractivity contribution in [2.45, 2.75) is 9.79 Å². The smallest absolute Gasteiger partial charge is 0.244 e. The van der Waals surface area contributed by atoms with Crippen molar-refractivity contribution in [2.24, 2.45) is 5.14 Å². The molecule has 0 saturated carbocycles. The monoisotopic (exact) mass is 375 g/mol. The number of fused-ring (bicyclic) bond motifs is 1. The van der Waals surface area contributed by atoms with Crippen molar-refractivity contribution < 1.29 is 21.0 Å². The molecule has 1 aromatic carbocycles. The molecule has 0 spiro atoms. The number of nitrogens with one attached hydrogen (secondary N) is 2. The number of primary sulfonamides is 1. The molecule has 0 atom stereocenters. The normalized spacial score (nSPS) is 16.4. The fraction of sp³-hybridized carbons (Fsp3) is 0.333. The Hall–Kier alpha value is -0.720. The molecule has 1 aliphatic heterocycles. The van der Waals surface area contributed by atoms with E-state index in [0.29, 0.717) is 0 Å². The molecule has 0 amide bonds. The Morgan fingerprint density at radius 3 is 2.33 bits per heavy atom. The van der Waals surface area contributed by atoms with Gasteiger partial charge >= 0.3 is 0 Å². The molecule has 0 aromatic heterocycles. The van der Waals surface area contributed by atoms with Crippen molar-refractivity contribution in [1.82, 2.24) is 4.72 Å². The third-order valence-electron chi connectivity index (χ3n) is 2.17. The number of halogens is 1. The molecular weight excluding hydrogens is 362 g/mol. The third kappa shape index (κ3) is 4.90. The van der Waals surface area contributed by atoms with Crippen molar-refractivity contribution in [1.29, 1.82) is 0 Å². The van der Waals surface area contributed by atoms with Crippen LogP contribution in [0.2, 0.25) is 5.02 Å². The second-order valence-electron chi connectivity index (χ2n) is 4.07. The van der Waals surface area contributed by atoms with Gasteiger partial charge in [-0.1, -0.05) is 11.6 Å². The summed E-state index contributed by atoms with van der Waals surface area (Å²) < 4.78 is 57.4. The SMILES string of the molecule is CS(C)=O.NS(=O)(=O)c1cc2c(cc1Cl)NCNS2(=O)=O. The van der Waals surface area contributed by atoms with E-state index in [-0.39, 0.29) is 22.3 Å². The highest BCUT2D eigenvalue weighted by molar-refractivity contribution is 7.90. The highest BCUT2D eigenvalue weighted by atomic mass is 35.5. The summed E-state index contributed by atoms with van der Waals surface area (Å²) in [5.74, 6) is 0. The molecule has 0 fully saturated rings.